The lowest BCUT2D eigenvalue weighted by atomic mass is 10.1. The number of nitrogens with zero attached hydrogens (tertiary/aromatic N) is 1. The van der Waals surface area contributed by atoms with Gasteiger partial charge in [0.15, 0.2) is 5.69 Å². The van der Waals surface area contributed by atoms with Crippen LogP contribution in [-0.2, 0) is 11.2 Å². The number of hydrogen-bond acceptors (Lipinski definition) is 5. The highest BCUT2D eigenvalue weighted by Gasteiger charge is 2.12. The van der Waals surface area contributed by atoms with Crippen LogP contribution in [0.4, 0.5) is 16.2 Å². The number of nitrogens with one attached hydrogen (secondary N) is 2. The zero-order valence-corrected chi connectivity index (χ0v) is 17.7. The number of carbonyl (C=O) groups excluding carboxylic acids is 2. The number of rotatable bonds is 6. The molecule has 0 bridgehead atoms. The van der Waals surface area contributed by atoms with Gasteiger partial charge >= 0.3 is 12.0 Å². The van der Waals surface area contributed by atoms with E-state index in [9.17, 15) is 9.59 Å². The van der Waals surface area contributed by atoms with E-state index in [0.717, 1.165) is 10.6 Å². The summed E-state index contributed by atoms with van der Waals surface area (Å²) in [5.74, 6) is -0.414. The molecule has 0 spiro atoms. The number of benzene rings is 2. The van der Waals surface area contributed by atoms with E-state index in [-0.39, 0.29) is 0 Å². The van der Waals surface area contributed by atoms with Gasteiger partial charge in [0.25, 0.3) is 0 Å². The molecule has 0 fully saturated rings. The van der Waals surface area contributed by atoms with E-state index < -0.39 is 12.0 Å². The smallest absolute Gasteiger partial charge is 0.357 e. The van der Waals surface area contributed by atoms with Gasteiger partial charge < -0.3 is 15.4 Å². The van der Waals surface area contributed by atoms with Gasteiger partial charge in [-0.1, -0.05) is 35.3 Å². The molecule has 0 unspecified atom stereocenters. The van der Waals surface area contributed by atoms with Gasteiger partial charge in [-0.25, -0.2) is 14.6 Å². The number of amides is 2. The lowest BCUT2D eigenvalue weighted by molar-refractivity contribution is 0.0520. The minimum atomic E-state index is -0.414. The number of halogens is 2. The number of thiazole rings is 1. The fourth-order valence-corrected chi connectivity index (χ4v) is 3.53. The molecule has 2 aromatic carbocycles. The maximum atomic E-state index is 12.1. The molecule has 29 heavy (non-hydrogen) atoms. The Balaban J connectivity index is 1.56. The fraction of sp³-hybridized carbons (Fsp3) is 0.150. The third-order valence-corrected chi connectivity index (χ3v) is 5.37. The van der Waals surface area contributed by atoms with E-state index >= 15 is 0 Å². The molecule has 0 atom stereocenters. The zero-order valence-electron chi connectivity index (χ0n) is 15.4. The zero-order chi connectivity index (χ0) is 20.8. The maximum Gasteiger partial charge on any atom is 0.357 e. The van der Waals surface area contributed by atoms with Gasteiger partial charge in [-0.05, 0) is 42.8 Å². The van der Waals surface area contributed by atoms with Gasteiger partial charge in [-0.15, -0.1) is 11.3 Å². The summed E-state index contributed by atoms with van der Waals surface area (Å²) in [6.45, 7) is 2.07. The van der Waals surface area contributed by atoms with Gasteiger partial charge in [-0.2, -0.15) is 0 Å². The van der Waals surface area contributed by atoms with Gasteiger partial charge in [0.1, 0.15) is 0 Å². The Labute approximate surface area is 181 Å². The Kier molecular flexibility index (Phi) is 7.09. The van der Waals surface area contributed by atoms with E-state index in [1.807, 2.05) is 12.1 Å². The number of urea groups is 1. The second-order valence-corrected chi connectivity index (χ2v) is 7.69. The number of hydrogen-bond donors (Lipinski definition) is 2. The molecule has 2 amide bonds. The Morgan fingerprint density at radius 1 is 1.03 bits per heavy atom. The first-order valence-electron chi connectivity index (χ1n) is 8.68. The van der Waals surface area contributed by atoms with E-state index in [4.69, 9.17) is 27.9 Å². The summed E-state index contributed by atoms with van der Waals surface area (Å²) in [7, 11) is 0. The average molecular weight is 450 g/mol. The van der Waals surface area contributed by atoms with Crippen molar-refractivity contribution in [3.05, 3.63) is 74.2 Å². The molecule has 3 rings (SSSR count). The molecule has 0 saturated carbocycles. The van der Waals surface area contributed by atoms with Gasteiger partial charge in [-0.3, -0.25) is 0 Å². The maximum absolute atomic E-state index is 12.1. The molecule has 6 nitrogen and oxygen atoms in total. The molecule has 9 heteroatoms. The quantitative estimate of drug-likeness (QED) is 0.461. The van der Waals surface area contributed by atoms with E-state index in [1.54, 1.807) is 42.6 Å². The standard InChI is InChI=1S/C20H17Cl2N3O3S/c1-2-28-19(26)17-11-29-18(25-17)9-12-3-5-13(6-4-12)23-20(27)24-14-7-8-15(21)16(22)10-14/h3-8,10-11H,2,9H2,1H3,(H2,23,24,27). The molecule has 150 valence electrons. The largest absolute Gasteiger partial charge is 0.461 e. The number of esters is 1. The number of carbonyl (C=O) groups is 2. The molecule has 0 aliphatic rings. The summed E-state index contributed by atoms with van der Waals surface area (Å²) in [6, 6.07) is 11.8. The van der Waals surface area contributed by atoms with Crippen molar-refractivity contribution in [1.82, 2.24) is 4.98 Å². The van der Waals surface area contributed by atoms with Crippen LogP contribution < -0.4 is 10.6 Å². The van der Waals surface area contributed by atoms with Crippen molar-refractivity contribution in [3.63, 3.8) is 0 Å². The molecule has 0 aliphatic heterocycles. The van der Waals surface area contributed by atoms with E-state index in [0.29, 0.717) is 40.1 Å². The molecule has 1 aromatic heterocycles. The molecular formula is C20H17Cl2N3O3S. The summed E-state index contributed by atoms with van der Waals surface area (Å²) >= 11 is 13.2. The van der Waals surface area contributed by atoms with Crippen LogP contribution in [0.3, 0.4) is 0 Å². The predicted octanol–water partition coefficient (Wildman–Crippen LogP) is 5.86. The van der Waals surface area contributed by atoms with Crippen molar-refractivity contribution in [2.75, 3.05) is 17.2 Å². The number of aromatic nitrogens is 1. The normalized spacial score (nSPS) is 10.4. The Bertz CT molecular complexity index is 1020. The second-order valence-electron chi connectivity index (χ2n) is 5.93. The van der Waals surface area contributed by atoms with Crippen molar-refractivity contribution >= 4 is 57.9 Å². The average Bonchev–Trinajstić information content (AvgIpc) is 3.15. The fourth-order valence-electron chi connectivity index (χ4n) is 2.44. The third kappa shape index (κ3) is 5.93. The first-order chi connectivity index (χ1) is 13.9. The summed E-state index contributed by atoms with van der Waals surface area (Å²) < 4.78 is 4.94. The Morgan fingerprint density at radius 3 is 2.41 bits per heavy atom. The molecule has 2 N–H and O–H groups in total. The van der Waals surface area contributed by atoms with Crippen molar-refractivity contribution < 1.29 is 14.3 Å². The van der Waals surface area contributed by atoms with Crippen molar-refractivity contribution in [2.24, 2.45) is 0 Å². The number of ether oxygens (including phenoxy) is 1. The van der Waals surface area contributed by atoms with Crippen molar-refractivity contribution in [2.45, 2.75) is 13.3 Å². The highest BCUT2D eigenvalue weighted by atomic mass is 35.5. The summed E-state index contributed by atoms with van der Waals surface area (Å²) in [5, 5.41) is 8.72. The summed E-state index contributed by atoms with van der Waals surface area (Å²) in [4.78, 5) is 28.1. The van der Waals surface area contributed by atoms with Crippen molar-refractivity contribution in [1.29, 1.82) is 0 Å². The molecule has 3 aromatic rings. The van der Waals surface area contributed by atoms with Crippen LogP contribution in [-0.4, -0.2) is 23.6 Å². The first kappa shape index (κ1) is 21.1. The van der Waals surface area contributed by atoms with Crippen LogP contribution in [0.1, 0.15) is 28.0 Å². The minimum absolute atomic E-state index is 0.318. The van der Waals surface area contributed by atoms with Crippen LogP contribution in [0.15, 0.2) is 47.8 Å². The van der Waals surface area contributed by atoms with Crippen LogP contribution in [0.5, 0.6) is 0 Å². The second kappa shape index (κ2) is 9.73. The SMILES string of the molecule is CCOC(=O)c1csc(Cc2ccc(NC(=O)Nc3ccc(Cl)c(Cl)c3)cc2)n1. The van der Waals surface area contributed by atoms with E-state index in [1.165, 1.54) is 11.3 Å². The Hall–Kier alpha value is -2.61. The van der Waals surface area contributed by atoms with Crippen LogP contribution in [0.25, 0.3) is 0 Å². The van der Waals surface area contributed by atoms with Gasteiger partial charge in [0.05, 0.1) is 21.7 Å². The first-order valence-corrected chi connectivity index (χ1v) is 10.3. The highest BCUT2D eigenvalue weighted by Crippen LogP contribution is 2.25. The summed E-state index contributed by atoms with van der Waals surface area (Å²) in [6.07, 6.45) is 0.583. The van der Waals surface area contributed by atoms with Gasteiger partial charge in [0, 0.05) is 23.2 Å². The van der Waals surface area contributed by atoms with E-state index in [2.05, 4.69) is 15.6 Å². The van der Waals surface area contributed by atoms with Gasteiger partial charge in [0.2, 0.25) is 0 Å². The third-order valence-electron chi connectivity index (χ3n) is 3.78. The lowest BCUT2D eigenvalue weighted by Crippen LogP contribution is -2.19. The topological polar surface area (TPSA) is 80.3 Å². The molecule has 0 radical (unpaired) electrons. The Morgan fingerprint density at radius 2 is 1.72 bits per heavy atom. The summed E-state index contributed by atoms with van der Waals surface area (Å²) in [5.41, 5.74) is 2.50. The molecular weight excluding hydrogens is 433 g/mol. The predicted molar refractivity (Wildman–Crippen MR) is 116 cm³/mol. The lowest BCUT2D eigenvalue weighted by Gasteiger charge is -2.09. The number of anilines is 2. The van der Waals surface area contributed by atoms with Crippen LogP contribution >= 0.6 is 34.5 Å². The van der Waals surface area contributed by atoms with Crippen molar-refractivity contribution in [3.8, 4) is 0 Å². The van der Waals surface area contributed by atoms with Crippen LogP contribution in [0.2, 0.25) is 10.0 Å². The highest BCUT2D eigenvalue weighted by molar-refractivity contribution is 7.09. The van der Waals surface area contributed by atoms with Crippen LogP contribution in [0, 0.1) is 0 Å². The monoisotopic (exact) mass is 449 g/mol. The molecule has 1 heterocycles. The molecule has 0 saturated heterocycles. The molecule has 0 aliphatic carbocycles. The minimum Gasteiger partial charge on any atom is -0.461 e.